The van der Waals surface area contributed by atoms with Gasteiger partial charge in [0, 0.05) is 23.1 Å². The molecule has 0 bridgehead atoms. The van der Waals surface area contributed by atoms with E-state index < -0.39 is 10.0 Å². The van der Waals surface area contributed by atoms with Crippen LogP contribution in [-0.2, 0) is 21.4 Å². The second-order valence-corrected chi connectivity index (χ2v) is 9.00. The van der Waals surface area contributed by atoms with Crippen LogP contribution >= 0.6 is 11.8 Å². The first kappa shape index (κ1) is 18.0. The molecule has 2 aromatic carbocycles. The summed E-state index contributed by atoms with van der Waals surface area (Å²) in [5.74, 6) is 0.474. The highest BCUT2D eigenvalue weighted by Gasteiger charge is 2.22. The van der Waals surface area contributed by atoms with E-state index in [2.05, 4.69) is 10.0 Å². The van der Waals surface area contributed by atoms with Crippen molar-refractivity contribution in [1.82, 2.24) is 4.72 Å². The van der Waals surface area contributed by atoms with Crippen LogP contribution < -0.4 is 10.0 Å². The molecular formula is C18H20N2O3S2. The van der Waals surface area contributed by atoms with E-state index in [0.717, 1.165) is 16.0 Å². The number of hydrogen-bond acceptors (Lipinski definition) is 4. The molecule has 0 saturated heterocycles. The van der Waals surface area contributed by atoms with E-state index in [1.165, 1.54) is 6.07 Å². The van der Waals surface area contributed by atoms with Gasteiger partial charge in [-0.25, -0.2) is 13.1 Å². The van der Waals surface area contributed by atoms with E-state index in [-0.39, 0.29) is 23.3 Å². The molecule has 0 aromatic heterocycles. The van der Waals surface area contributed by atoms with E-state index in [1.54, 1.807) is 23.9 Å². The quantitative estimate of drug-likeness (QED) is 0.859. The lowest BCUT2D eigenvalue weighted by molar-refractivity contribution is -0.118. The lowest BCUT2D eigenvalue weighted by Gasteiger charge is -2.11. The molecule has 0 spiro atoms. The van der Waals surface area contributed by atoms with Crippen LogP contribution in [0.5, 0.6) is 0 Å². The first-order valence-corrected chi connectivity index (χ1v) is 10.4. The van der Waals surface area contributed by atoms with E-state index in [1.807, 2.05) is 38.1 Å². The van der Waals surface area contributed by atoms with Gasteiger partial charge in [-0.15, -0.1) is 11.8 Å². The Morgan fingerprint density at radius 2 is 2.04 bits per heavy atom. The number of anilines is 1. The number of sulfonamides is 1. The number of nitrogens with one attached hydrogen (secondary N) is 2. The summed E-state index contributed by atoms with van der Waals surface area (Å²) in [6, 6.07) is 12.5. The van der Waals surface area contributed by atoms with Crippen LogP contribution in [0.4, 0.5) is 5.69 Å². The highest BCUT2D eigenvalue weighted by Crippen LogP contribution is 2.34. The van der Waals surface area contributed by atoms with Crippen LogP contribution in [-0.4, -0.2) is 20.1 Å². The third-order valence-corrected chi connectivity index (χ3v) is 6.74. The number of benzene rings is 2. The number of carbonyl (C=O) groups excluding carboxylic acids is 1. The van der Waals surface area contributed by atoms with Gasteiger partial charge in [-0.3, -0.25) is 4.79 Å². The van der Waals surface area contributed by atoms with Crippen molar-refractivity contribution in [2.75, 3.05) is 11.1 Å². The molecule has 1 aliphatic heterocycles. The van der Waals surface area contributed by atoms with Gasteiger partial charge in [-0.1, -0.05) is 36.8 Å². The van der Waals surface area contributed by atoms with Gasteiger partial charge in [0.1, 0.15) is 0 Å². The fourth-order valence-electron chi connectivity index (χ4n) is 2.53. The molecule has 0 unspecified atom stereocenters. The molecule has 25 heavy (non-hydrogen) atoms. The normalized spacial score (nSPS) is 17.5. The van der Waals surface area contributed by atoms with E-state index >= 15 is 0 Å². The van der Waals surface area contributed by atoms with Gasteiger partial charge in [0.05, 0.1) is 10.6 Å². The zero-order valence-electron chi connectivity index (χ0n) is 14.1. The molecule has 132 valence electrons. The largest absolute Gasteiger partial charge is 0.325 e. The minimum atomic E-state index is -3.66. The number of thioether (sulfide) groups is 1. The van der Waals surface area contributed by atoms with Gasteiger partial charge in [0.15, 0.2) is 0 Å². The average Bonchev–Trinajstić information content (AvgIpc) is 2.72. The maximum atomic E-state index is 12.6. The van der Waals surface area contributed by atoms with Crippen LogP contribution in [0.3, 0.4) is 0 Å². The minimum Gasteiger partial charge on any atom is -0.325 e. The second kappa shape index (κ2) is 7.19. The maximum absolute atomic E-state index is 12.6. The van der Waals surface area contributed by atoms with Crippen molar-refractivity contribution in [3.63, 3.8) is 0 Å². The molecule has 0 aliphatic carbocycles. The molecule has 0 fully saturated rings. The zero-order chi connectivity index (χ0) is 18.0. The summed E-state index contributed by atoms with van der Waals surface area (Å²) >= 11 is 1.55. The number of hydrogen-bond donors (Lipinski definition) is 2. The molecule has 1 atom stereocenters. The Morgan fingerprint density at radius 1 is 1.24 bits per heavy atom. The number of rotatable bonds is 4. The van der Waals surface area contributed by atoms with Crippen molar-refractivity contribution < 1.29 is 13.2 Å². The fourth-order valence-corrected chi connectivity index (χ4v) is 4.58. The molecule has 1 amide bonds. The fraction of sp³-hybridized carbons (Fsp3) is 0.278. The standard InChI is InChI=1S/C18H20N2O3S2/c1-12-4-3-5-14(8-12)10-19-25(22,23)15-6-7-17-16(9-15)20-18(21)13(2)11-24-17/h3-9,13,19H,10-11H2,1-2H3,(H,20,21)/t13-/m1/s1. The van der Waals surface area contributed by atoms with Gasteiger partial charge >= 0.3 is 0 Å². The number of amides is 1. The Hall–Kier alpha value is -1.83. The molecule has 0 radical (unpaired) electrons. The lowest BCUT2D eigenvalue weighted by Crippen LogP contribution is -2.24. The van der Waals surface area contributed by atoms with Gasteiger partial charge in [0.25, 0.3) is 0 Å². The number of fused-ring (bicyclic) bond motifs is 1. The van der Waals surface area contributed by atoms with E-state index in [0.29, 0.717) is 11.4 Å². The monoisotopic (exact) mass is 376 g/mol. The van der Waals surface area contributed by atoms with Gasteiger partial charge in [-0.2, -0.15) is 0 Å². The average molecular weight is 377 g/mol. The molecule has 2 N–H and O–H groups in total. The summed E-state index contributed by atoms with van der Waals surface area (Å²) in [6.45, 7) is 4.04. The Bertz CT molecular complexity index is 910. The lowest BCUT2D eigenvalue weighted by atomic mass is 10.1. The summed E-state index contributed by atoms with van der Waals surface area (Å²) in [6.07, 6.45) is 0. The smallest absolute Gasteiger partial charge is 0.240 e. The molecule has 0 saturated carbocycles. The summed E-state index contributed by atoms with van der Waals surface area (Å²) in [7, 11) is -3.66. The first-order chi connectivity index (χ1) is 11.8. The van der Waals surface area contributed by atoms with Gasteiger partial charge in [0.2, 0.25) is 15.9 Å². The van der Waals surface area contributed by atoms with Crippen molar-refractivity contribution in [2.45, 2.75) is 30.2 Å². The third-order valence-electron chi connectivity index (χ3n) is 4.00. The van der Waals surface area contributed by atoms with Crippen LogP contribution in [0, 0.1) is 12.8 Å². The molecule has 7 heteroatoms. The van der Waals surface area contributed by atoms with Crippen LogP contribution in [0.2, 0.25) is 0 Å². The summed E-state index contributed by atoms with van der Waals surface area (Å²) < 4.78 is 27.8. The Kier molecular flexibility index (Phi) is 5.17. The second-order valence-electron chi connectivity index (χ2n) is 6.17. The van der Waals surface area contributed by atoms with Crippen molar-refractivity contribution >= 4 is 33.4 Å². The zero-order valence-corrected chi connectivity index (χ0v) is 15.7. The molecule has 3 rings (SSSR count). The highest BCUT2D eigenvalue weighted by atomic mass is 32.2. The maximum Gasteiger partial charge on any atom is 0.240 e. The topological polar surface area (TPSA) is 75.3 Å². The van der Waals surface area contributed by atoms with Crippen molar-refractivity contribution in [3.05, 3.63) is 53.6 Å². The summed E-state index contributed by atoms with van der Waals surface area (Å²) in [4.78, 5) is 13.0. The third kappa shape index (κ3) is 4.23. The predicted octanol–water partition coefficient (Wildman–Crippen LogP) is 3.15. The Labute approximate surface area is 152 Å². The first-order valence-electron chi connectivity index (χ1n) is 7.98. The molecule has 2 aromatic rings. The van der Waals surface area contributed by atoms with Crippen LogP contribution in [0.25, 0.3) is 0 Å². The van der Waals surface area contributed by atoms with Crippen molar-refractivity contribution in [2.24, 2.45) is 5.92 Å². The predicted molar refractivity (Wildman–Crippen MR) is 100 cm³/mol. The van der Waals surface area contributed by atoms with E-state index in [4.69, 9.17) is 0 Å². The minimum absolute atomic E-state index is 0.0893. The summed E-state index contributed by atoms with van der Waals surface area (Å²) in [5.41, 5.74) is 2.53. The van der Waals surface area contributed by atoms with Crippen LogP contribution in [0.1, 0.15) is 18.1 Å². The SMILES string of the molecule is Cc1cccc(CNS(=O)(=O)c2ccc3c(c2)NC(=O)[C@H](C)CS3)c1. The molecular weight excluding hydrogens is 356 g/mol. The summed E-state index contributed by atoms with van der Waals surface area (Å²) in [5, 5.41) is 2.81. The molecule has 5 nitrogen and oxygen atoms in total. The highest BCUT2D eigenvalue weighted by molar-refractivity contribution is 7.99. The van der Waals surface area contributed by atoms with Gasteiger partial charge < -0.3 is 5.32 Å². The van der Waals surface area contributed by atoms with Gasteiger partial charge in [-0.05, 0) is 30.7 Å². The Morgan fingerprint density at radius 3 is 2.80 bits per heavy atom. The van der Waals surface area contributed by atoms with Crippen molar-refractivity contribution in [1.29, 1.82) is 0 Å². The van der Waals surface area contributed by atoms with Crippen molar-refractivity contribution in [3.8, 4) is 0 Å². The van der Waals surface area contributed by atoms with E-state index in [9.17, 15) is 13.2 Å². The molecule has 1 heterocycles. The molecule has 1 aliphatic rings. The Balaban J connectivity index is 1.81. The number of aryl methyl sites for hydroxylation is 1. The number of carbonyl (C=O) groups is 1. The van der Waals surface area contributed by atoms with Crippen LogP contribution in [0.15, 0.2) is 52.3 Å².